The summed E-state index contributed by atoms with van der Waals surface area (Å²) in [4.78, 5) is 14.7. The van der Waals surface area contributed by atoms with Crippen LogP contribution in [0, 0.1) is 0 Å². The minimum Gasteiger partial charge on any atom is -0.467 e. The predicted octanol–water partition coefficient (Wildman–Crippen LogP) is 2.93. The van der Waals surface area contributed by atoms with Gasteiger partial charge >= 0.3 is 0 Å². The summed E-state index contributed by atoms with van der Waals surface area (Å²) >= 11 is 0. The van der Waals surface area contributed by atoms with E-state index in [0.29, 0.717) is 18.3 Å². The second-order valence-electron chi connectivity index (χ2n) is 7.44. The summed E-state index contributed by atoms with van der Waals surface area (Å²) in [6, 6.07) is 14.5. The second-order valence-corrected chi connectivity index (χ2v) is 7.44. The van der Waals surface area contributed by atoms with E-state index in [9.17, 15) is 4.79 Å². The van der Waals surface area contributed by atoms with E-state index in [1.807, 2.05) is 29.9 Å². The number of fused-ring (bicyclic) bond motifs is 1. The highest BCUT2D eigenvalue weighted by atomic mass is 16.3. The largest absolute Gasteiger partial charge is 0.467 e. The fourth-order valence-electron chi connectivity index (χ4n) is 3.88. The number of furan rings is 1. The molecule has 0 saturated heterocycles. The Balaban J connectivity index is 1.47. The zero-order valence-corrected chi connectivity index (χ0v) is 16.4. The van der Waals surface area contributed by atoms with Crippen molar-refractivity contribution in [1.82, 2.24) is 20.0 Å². The Hall–Kier alpha value is -2.86. The van der Waals surface area contributed by atoms with Gasteiger partial charge in [0.2, 0.25) is 0 Å². The highest BCUT2D eigenvalue weighted by molar-refractivity contribution is 5.94. The molecule has 4 rings (SSSR count). The summed E-state index contributed by atoms with van der Waals surface area (Å²) in [6.07, 6.45) is 4.43. The van der Waals surface area contributed by atoms with Gasteiger partial charge in [-0.3, -0.25) is 9.48 Å². The third kappa shape index (κ3) is 3.87. The number of carbonyl (C=O) groups excluding carboxylic acids is 1. The quantitative estimate of drug-likeness (QED) is 0.716. The van der Waals surface area contributed by atoms with Crippen LogP contribution in [-0.2, 0) is 33.0 Å². The van der Waals surface area contributed by atoms with E-state index in [-0.39, 0.29) is 5.91 Å². The van der Waals surface area contributed by atoms with Gasteiger partial charge in [-0.25, -0.2) is 0 Å². The van der Waals surface area contributed by atoms with E-state index in [2.05, 4.69) is 34.7 Å². The van der Waals surface area contributed by atoms with Crippen LogP contribution in [0.1, 0.15) is 39.5 Å². The zero-order valence-electron chi connectivity index (χ0n) is 16.4. The molecular weight excluding hydrogens is 352 g/mol. The van der Waals surface area contributed by atoms with Gasteiger partial charge in [-0.2, -0.15) is 5.10 Å². The number of nitrogens with one attached hydrogen (secondary N) is 1. The maximum absolute atomic E-state index is 13.0. The average molecular weight is 378 g/mol. The van der Waals surface area contributed by atoms with Crippen molar-refractivity contribution in [3.05, 3.63) is 77.0 Å². The summed E-state index contributed by atoms with van der Waals surface area (Å²) in [7, 11) is 3.72. The lowest BCUT2D eigenvalue weighted by molar-refractivity contribution is 0.0767. The Bertz CT molecular complexity index is 931. The van der Waals surface area contributed by atoms with Crippen LogP contribution in [0.2, 0.25) is 0 Å². The Labute approximate surface area is 165 Å². The Morgan fingerprint density at radius 3 is 2.86 bits per heavy atom. The molecule has 2 aromatic heterocycles. The van der Waals surface area contributed by atoms with Gasteiger partial charge in [-0.05, 0) is 37.0 Å². The standard InChI is InChI=1S/C22H26N4O2/c1-25(15-18-9-6-12-28-18)22(27)21-19-13-17(10-11-20(19)26(2)24-21)23-14-16-7-4-3-5-8-16/h3-9,12,17,23H,10-11,13-15H2,1-2H3. The molecule has 0 fully saturated rings. The lowest BCUT2D eigenvalue weighted by Crippen LogP contribution is -2.35. The number of rotatable bonds is 6. The maximum Gasteiger partial charge on any atom is 0.274 e. The number of carbonyl (C=O) groups is 1. The van der Waals surface area contributed by atoms with Gasteiger partial charge in [0.05, 0.1) is 12.8 Å². The molecule has 0 aliphatic heterocycles. The summed E-state index contributed by atoms with van der Waals surface area (Å²) < 4.78 is 7.24. The highest BCUT2D eigenvalue weighted by Crippen LogP contribution is 2.25. The van der Waals surface area contributed by atoms with Crippen LogP contribution in [0.3, 0.4) is 0 Å². The van der Waals surface area contributed by atoms with Gasteiger partial charge in [0.15, 0.2) is 5.69 Å². The molecule has 1 aromatic carbocycles. The predicted molar refractivity (Wildman–Crippen MR) is 107 cm³/mol. The fourth-order valence-corrected chi connectivity index (χ4v) is 3.88. The fraction of sp³-hybridized carbons (Fsp3) is 0.364. The van der Waals surface area contributed by atoms with E-state index in [4.69, 9.17) is 4.42 Å². The molecule has 6 heteroatoms. The number of benzene rings is 1. The van der Waals surface area contributed by atoms with Crippen LogP contribution < -0.4 is 5.32 Å². The number of hydrogen-bond acceptors (Lipinski definition) is 4. The van der Waals surface area contributed by atoms with Crippen LogP contribution in [0.4, 0.5) is 0 Å². The molecule has 1 unspecified atom stereocenters. The van der Waals surface area contributed by atoms with E-state index in [0.717, 1.165) is 37.1 Å². The van der Waals surface area contributed by atoms with Crippen molar-refractivity contribution >= 4 is 5.91 Å². The Morgan fingerprint density at radius 2 is 2.11 bits per heavy atom. The van der Waals surface area contributed by atoms with Gasteiger partial charge in [0.1, 0.15) is 5.76 Å². The van der Waals surface area contributed by atoms with Crippen LogP contribution in [0.5, 0.6) is 0 Å². The van der Waals surface area contributed by atoms with Crippen LogP contribution in [0.15, 0.2) is 53.1 Å². The van der Waals surface area contributed by atoms with E-state index < -0.39 is 0 Å². The number of aryl methyl sites for hydroxylation is 1. The van der Waals surface area contributed by atoms with Crippen molar-refractivity contribution < 1.29 is 9.21 Å². The first-order chi connectivity index (χ1) is 13.6. The van der Waals surface area contributed by atoms with Crippen molar-refractivity contribution in [1.29, 1.82) is 0 Å². The third-order valence-electron chi connectivity index (χ3n) is 5.42. The molecule has 146 valence electrons. The van der Waals surface area contributed by atoms with Gasteiger partial charge in [-0.15, -0.1) is 0 Å². The Morgan fingerprint density at radius 1 is 1.29 bits per heavy atom. The molecule has 28 heavy (non-hydrogen) atoms. The lowest BCUT2D eigenvalue weighted by Gasteiger charge is -2.25. The molecule has 0 radical (unpaired) electrons. The second kappa shape index (κ2) is 8.02. The maximum atomic E-state index is 13.0. The SMILES string of the molecule is CN(Cc1ccco1)C(=O)c1nn(C)c2c1CC(NCc1ccccc1)CC2. The normalized spacial score (nSPS) is 16.0. The van der Waals surface area contributed by atoms with Crippen LogP contribution >= 0.6 is 0 Å². The van der Waals surface area contributed by atoms with E-state index in [1.54, 1.807) is 18.2 Å². The molecule has 3 aromatic rings. The number of amides is 1. The number of nitrogens with zero attached hydrogens (tertiary/aromatic N) is 3. The molecule has 0 bridgehead atoms. The smallest absolute Gasteiger partial charge is 0.274 e. The van der Waals surface area contributed by atoms with Crippen molar-refractivity contribution in [3.8, 4) is 0 Å². The first-order valence-electron chi connectivity index (χ1n) is 9.71. The summed E-state index contributed by atoms with van der Waals surface area (Å²) in [5.41, 5.74) is 4.09. The van der Waals surface area contributed by atoms with Crippen molar-refractivity contribution in [3.63, 3.8) is 0 Å². The van der Waals surface area contributed by atoms with E-state index >= 15 is 0 Å². The molecule has 1 aliphatic carbocycles. The summed E-state index contributed by atoms with van der Waals surface area (Å²) in [5.74, 6) is 0.708. The molecule has 0 saturated carbocycles. The van der Waals surface area contributed by atoms with Crippen LogP contribution in [-0.4, -0.2) is 33.7 Å². The molecule has 1 atom stereocenters. The lowest BCUT2D eigenvalue weighted by atomic mass is 9.91. The number of hydrogen-bond donors (Lipinski definition) is 1. The highest BCUT2D eigenvalue weighted by Gasteiger charge is 2.29. The molecule has 2 heterocycles. The molecular formula is C22H26N4O2. The monoisotopic (exact) mass is 378 g/mol. The van der Waals surface area contributed by atoms with E-state index in [1.165, 1.54) is 11.3 Å². The minimum atomic E-state index is -0.0584. The zero-order chi connectivity index (χ0) is 19.5. The van der Waals surface area contributed by atoms with Crippen molar-refractivity contribution in [2.45, 2.75) is 38.4 Å². The molecule has 1 aliphatic rings. The molecule has 6 nitrogen and oxygen atoms in total. The topological polar surface area (TPSA) is 63.3 Å². The summed E-state index contributed by atoms with van der Waals surface area (Å²) in [5, 5.41) is 8.21. The Kier molecular flexibility index (Phi) is 5.30. The van der Waals surface area contributed by atoms with Crippen LogP contribution in [0.25, 0.3) is 0 Å². The van der Waals surface area contributed by atoms with Gasteiger partial charge in [0.25, 0.3) is 5.91 Å². The van der Waals surface area contributed by atoms with Gasteiger partial charge in [-0.1, -0.05) is 30.3 Å². The van der Waals surface area contributed by atoms with Crippen molar-refractivity contribution in [2.24, 2.45) is 7.05 Å². The molecule has 1 N–H and O–H groups in total. The first kappa shape index (κ1) is 18.5. The molecule has 1 amide bonds. The number of aromatic nitrogens is 2. The molecule has 0 spiro atoms. The van der Waals surface area contributed by atoms with Gasteiger partial charge in [0, 0.05) is 37.9 Å². The average Bonchev–Trinajstić information content (AvgIpc) is 3.34. The third-order valence-corrected chi connectivity index (χ3v) is 5.42. The minimum absolute atomic E-state index is 0.0584. The van der Waals surface area contributed by atoms with Gasteiger partial charge < -0.3 is 14.6 Å². The summed E-state index contributed by atoms with van der Waals surface area (Å²) in [6.45, 7) is 1.27. The first-order valence-corrected chi connectivity index (χ1v) is 9.71. The van der Waals surface area contributed by atoms with Crippen molar-refractivity contribution in [2.75, 3.05) is 7.05 Å².